The van der Waals surface area contributed by atoms with Crippen molar-refractivity contribution >= 4 is 42.4 Å². The van der Waals surface area contributed by atoms with Crippen molar-refractivity contribution in [1.29, 1.82) is 0 Å². The van der Waals surface area contributed by atoms with E-state index in [1.807, 2.05) is 30.3 Å². The number of hydrogen-bond acceptors (Lipinski definition) is 10. The van der Waals surface area contributed by atoms with Crippen LogP contribution in [0.5, 0.6) is 0 Å². The highest BCUT2D eigenvalue weighted by Gasteiger charge is 2.36. The zero-order valence-electron chi connectivity index (χ0n) is 17.6. The summed E-state index contributed by atoms with van der Waals surface area (Å²) >= 11 is 6.01. The average Bonchev–Trinajstić information content (AvgIpc) is 3.20. The van der Waals surface area contributed by atoms with Gasteiger partial charge in [0.05, 0.1) is 19.5 Å². The Kier molecular flexibility index (Phi) is 7.23. The number of nitrogen functional groups attached to an aromatic ring is 1. The maximum Gasteiger partial charge on any atom is 0.406 e. The number of rotatable bonds is 8. The van der Waals surface area contributed by atoms with Crippen molar-refractivity contribution in [1.82, 2.24) is 24.6 Å². The lowest BCUT2D eigenvalue weighted by Gasteiger charge is -2.30. The number of ether oxygens (including phenoxy) is 2. The molecule has 0 unspecified atom stereocenters. The van der Waals surface area contributed by atoms with Crippen molar-refractivity contribution in [2.45, 2.75) is 32.4 Å². The highest BCUT2D eigenvalue weighted by atomic mass is 35.5. The fourth-order valence-corrected chi connectivity index (χ4v) is 4.72. The Morgan fingerprint density at radius 1 is 1.33 bits per heavy atom. The second-order valence-corrected chi connectivity index (χ2v) is 9.34. The molecule has 0 saturated carbocycles. The number of imidazole rings is 1. The first-order chi connectivity index (χ1) is 15.8. The SMILES string of the molecule is C[C@H](NP1(=O)OCC(OCn2cnc3c(Cl)nc(N)nc32)CO1)C(=O)OCc1ccccc1. The lowest BCUT2D eigenvalue weighted by atomic mass is 10.2. The minimum absolute atomic E-state index is 0.0133. The highest BCUT2D eigenvalue weighted by molar-refractivity contribution is 7.51. The van der Waals surface area contributed by atoms with Gasteiger partial charge in [0.2, 0.25) is 5.95 Å². The van der Waals surface area contributed by atoms with Gasteiger partial charge in [-0.25, -0.2) is 14.6 Å². The molecule has 3 heterocycles. The minimum Gasteiger partial charge on any atom is -0.460 e. The van der Waals surface area contributed by atoms with E-state index in [0.717, 1.165) is 5.56 Å². The number of anilines is 1. The Morgan fingerprint density at radius 2 is 2.06 bits per heavy atom. The molecule has 1 aromatic carbocycles. The van der Waals surface area contributed by atoms with E-state index in [-0.39, 0.29) is 37.7 Å². The van der Waals surface area contributed by atoms with E-state index in [1.165, 1.54) is 13.3 Å². The van der Waals surface area contributed by atoms with Crippen LogP contribution in [-0.2, 0) is 41.2 Å². The van der Waals surface area contributed by atoms with E-state index >= 15 is 0 Å². The average molecular weight is 497 g/mol. The number of carbonyl (C=O) groups is 1. The van der Waals surface area contributed by atoms with Gasteiger partial charge in [0.1, 0.15) is 31.0 Å². The second-order valence-electron chi connectivity index (χ2n) is 7.21. The number of esters is 1. The van der Waals surface area contributed by atoms with Crippen LogP contribution < -0.4 is 10.8 Å². The zero-order chi connectivity index (χ0) is 23.4. The van der Waals surface area contributed by atoms with E-state index in [9.17, 15) is 9.36 Å². The van der Waals surface area contributed by atoms with Gasteiger partial charge in [-0.15, -0.1) is 0 Å². The number of halogens is 1. The summed E-state index contributed by atoms with van der Waals surface area (Å²) in [6.07, 6.45) is 0.978. The van der Waals surface area contributed by atoms with Gasteiger partial charge in [0, 0.05) is 0 Å². The van der Waals surface area contributed by atoms with Gasteiger partial charge < -0.3 is 15.2 Å². The number of benzene rings is 1. The predicted molar refractivity (Wildman–Crippen MR) is 118 cm³/mol. The van der Waals surface area contributed by atoms with Crippen LogP contribution in [0.2, 0.25) is 5.15 Å². The van der Waals surface area contributed by atoms with Crippen LogP contribution in [0.4, 0.5) is 5.95 Å². The topological polar surface area (TPSA) is 153 Å². The molecule has 1 fully saturated rings. The molecule has 1 aliphatic rings. The number of hydrogen-bond donors (Lipinski definition) is 2. The van der Waals surface area contributed by atoms with Crippen molar-refractivity contribution in [2.24, 2.45) is 0 Å². The van der Waals surface area contributed by atoms with Crippen LogP contribution in [-0.4, -0.2) is 50.8 Å². The van der Waals surface area contributed by atoms with E-state index in [2.05, 4.69) is 20.0 Å². The van der Waals surface area contributed by atoms with Gasteiger partial charge in [-0.2, -0.15) is 9.97 Å². The largest absolute Gasteiger partial charge is 0.460 e. The maximum atomic E-state index is 12.8. The molecule has 0 amide bonds. The quantitative estimate of drug-likeness (QED) is 0.268. The van der Waals surface area contributed by atoms with Gasteiger partial charge in [-0.3, -0.25) is 18.4 Å². The first kappa shape index (κ1) is 23.6. The van der Waals surface area contributed by atoms with Crippen LogP contribution >= 0.6 is 19.3 Å². The fraction of sp³-hybridized carbons (Fsp3) is 0.368. The van der Waals surface area contributed by atoms with E-state index < -0.39 is 25.9 Å². The van der Waals surface area contributed by atoms with Gasteiger partial charge in [-0.05, 0) is 12.5 Å². The van der Waals surface area contributed by atoms with Gasteiger partial charge in [0.15, 0.2) is 10.8 Å². The van der Waals surface area contributed by atoms with E-state index in [4.69, 9.17) is 35.9 Å². The molecular formula is C19H22ClN6O6P. The Labute approximate surface area is 193 Å². The molecule has 0 radical (unpaired) electrons. The highest BCUT2D eigenvalue weighted by Crippen LogP contribution is 2.47. The van der Waals surface area contributed by atoms with E-state index in [0.29, 0.717) is 11.2 Å². The molecule has 0 bridgehead atoms. The van der Waals surface area contributed by atoms with Crippen molar-refractivity contribution in [3.8, 4) is 0 Å². The van der Waals surface area contributed by atoms with Gasteiger partial charge >= 0.3 is 13.7 Å². The Morgan fingerprint density at radius 3 is 2.79 bits per heavy atom. The molecule has 2 aromatic heterocycles. The summed E-state index contributed by atoms with van der Waals surface area (Å²) in [7, 11) is -3.70. The molecule has 1 saturated heterocycles. The van der Waals surface area contributed by atoms with Crippen LogP contribution in [0.15, 0.2) is 36.7 Å². The molecule has 176 valence electrons. The molecule has 33 heavy (non-hydrogen) atoms. The van der Waals surface area contributed by atoms with Crippen molar-refractivity contribution in [3.05, 3.63) is 47.4 Å². The predicted octanol–water partition coefficient (Wildman–Crippen LogP) is 2.28. The first-order valence-electron chi connectivity index (χ1n) is 9.96. The Balaban J connectivity index is 1.25. The summed E-state index contributed by atoms with van der Waals surface area (Å²) in [5.41, 5.74) is 7.29. The summed E-state index contributed by atoms with van der Waals surface area (Å²) in [5.74, 6) is -0.562. The van der Waals surface area contributed by atoms with Crippen LogP contribution in [0.25, 0.3) is 11.2 Å². The molecule has 1 atom stereocenters. The van der Waals surface area contributed by atoms with Crippen LogP contribution in [0.3, 0.4) is 0 Å². The number of nitrogens with zero attached hydrogens (tertiary/aromatic N) is 4. The molecule has 0 aliphatic carbocycles. The molecule has 3 N–H and O–H groups in total. The normalized spacial score (nSPS) is 21.7. The molecule has 3 aromatic rings. The number of nitrogens with one attached hydrogen (secondary N) is 1. The maximum absolute atomic E-state index is 12.8. The summed E-state index contributed by atoms with van der Waals surface area (Å²) in [6.45, 7) is 1.66. The van der Waals surface area contributed by atoms with Crippen LogP contribution in [0, 0.1) is 0 Å². The second kappa shape index (κ2) is 10.1. The summed E-state index contributed by atoms with van der Waals surface area (Å²) < 4.78 is 36.0. The minimum atomic E-state index is -3.70. The standard InChI is InChI=1S/C19H22ClN6O6P/c1-12(18(27)29-7-13-5-3-2-4-6-13)25-33(28)31-8-14(9-32-33)30-11-26-10-22-15-16(20)23-19(21)24-17(15)26/h2-6,10,12,14H,7-9,11H2,1H3,(H,25,28)(H2,21,23,24)/t12-,14?,33?/m0/s1. The Hall–Kier alpha value is -2.60. The molecule has 1 aliphatic heterocycles. The molecule has 12 nitrogen and oxygen atoms in total. The lowest BCUT2D eigenvalue weighted by Crippen LogP contribution is -2.39. The van der Waals surface area contributed by atoms with Gasteiger partial charge in [0.25, 0.3) is 0 Å². The fourth-order valence-electron chi connectivity index (χ4n) is 2.97. The molecule has 4 rings (SSSR count). The molecular weight excluding hydrogens is 475 g/mol. The van der Waals surface area contributed by atoms with Crippen molar-refractivity contribution in [3.63, 3.8) is 0 Å². The number of carbonyl (C=O) groups excluding carboxylic acids is 1. The van der Waals surface area contributed by atoms with Gasteiger partial charge in [-0.1, -0.05) is 41.9 Å². The number of fused-ring (bicyclic) bond motifs is 1. The van der Waals surface area contributed by atoms with Crippen LogP contribution in [0.1, 0.15) is 12.5 Å². The summed E-state index contributed by atoms with van der Waals surface area (Å²) in [4.78, 5) is 24.3. The monoisotopic (exact) mass is 496 g/mol. The third-order valence-corrected chi connectivity index (χ3v) is 6.62. The summed E-state index contributed by atoms with van der Waals surface area (Å²) in [6, 6.07) is 8.34. The lowest BCUT2D eigenvalue weighted by molar-refractivity contribution is -0.146. The molecule has 14 heteroatoms. The Bertz CT molecular complexity index is 1170. The number of aromatic nitrogens is 4. The zero-order valence-corrected chi connectivity index (χ0v) is 19.2. The van der Waals surface area contributed by atoms with E-state index in [1.54, 1.807) is 4.57 Å². The summed E-state index contributed by atoms with van der Waals surface area (Å²) in [5, 5.41) is 2.72. The first-order valence-corrected chi connectivity index (χ1v) is 11.9. The third kappa shape index (κ3) is 5.85. The third-order valence-electron chi connectivity index (χ3n) is 4.68. The molecule has 0 spiro atoms. The number of nitrogens with two attached hydrogens (primary N) is 1. The van der Waals surface area contributed by atoms with Crippen molar-refractivity contribution < 1.29 is 27.9 Å². The smallest absolute Gasteiger partial charge is 0.406 e. The van der Waals surface area contributed by atoms with Crippen molar-refractivity contribution in [2.75, 3.05) is 18.9 Å².